The van der Waals surface area contributed by atoms with Crippen LogP contribution in [0, 0.1) is 0 Å². The molecule has 1 aromatic heterocycles. The lowest BCUT2D eigenvalue weighted by Gasteiger charge is -2.27. The van der Waals surface area contributed by atoms with Gasteiger partial charge in [0.2, 0.25) is 11.8 Å². The van der Waals surface area contributed by atoms with Gasteiger partial charge in [0.15, 0.2) is 0 Å². The van der Waals surface area contributed by atoms with E-state index in [1.807, 2.05) is 0 Å². The molecule has 0 saturated carbocycles. The van der Waals surface area contributed by atoms with Crippen molar-refractivity contribution in [3.63, 3.8) is 0 Å². The predicted molar refractivity (Wildman–Crippen MR) is 94.2 cm³/mol. The van der Waals surface area contributed by atoms with Crippen molar-refractivity contribution >= 4 is 16.4 Å². The number of hydrogen-bond acceptors (Lipinski definition) is 9. The topological polar surface area (TPSA) is 150 Å². The fraction of sp³-hybridized carbons (Fsp3) is 0.800. The number of hydrogen-bond donors (Lipinski definition) is 3. The molecule has 1 aromatic rings. The number of nitrogens with one attached hydrogen (secondary N) is 2. The van der Waals surface area contributed by atoms with Gasteiger partial charge in [-0.1, -0.05) is 0 Å². The Bertz CT molecular complexity index is 810. The zero-order valence-electron chi connectivity index (χ0n) is 15.3. The van der Waals surface area contributed by atoms with Gasteiger partial charge in [0.1, 0.15) is 6.04 Å². The van der Waals surface area contributed by atoms with Gasteiger partial charge >= 0.3 is 16.4 Å². The van der Waals surface area contributed by atoms with Gasteiger partial charge in [-0.3, -0.25) is 4.55 Å². The molecule has 3 fully saturated rings. The van der Waals surface area contributed by atoms with E-state index in [1.54, 1.807) is 0 Å². The van der Waals surface area contributed by atoms with Crippen LogP contribution in [0.2, 0.25) is 0 Å². The summed E-state index contributed by atoms with van der Waals surface area (Å²) in [6.45, 7) is 3.05. The van der Waals surface area contributed by atoms with E-state index in [9.17, 15) is 13.2 Å². The van der Waals surface area contributed by atoms with Crippen LogP contribution in [0.3, 0.4) is 0 Å². The highest BCUT2D eigenvalue weighted by Gasteiger charge is 2.49. The molecule has 2 amide bonds. The summed E-state index contributed by atoms with van der Waals surface area (Å²) in [7, 11) is -4.76. The van der Waals surface area contributed by atoms with E-state index in [-0.39, 0.29) is 6.54 Å². The fourth-order valence-corrected chi connectivity index (χ4v) is 4.39. The minimum Gasteiger partial charge on any atom is -0.423 e. The van der Waals surface area contributed by atoms with E-state index < -0.39 is 28.5 Å². The molecular weight excluding hydrogens is 392 g/mol. The van der Waals surface area contributed by atoms with Crippen LogP contribution in [0.25, 0.3) is 0 Å². The number of nitrogens with zero attached hydrogens (tertiary/aromatic N) is 4. The zero-order chi connectivity index (χ0) is 19.7. The summed E-state index contributed by atoms with van der Waals surface area (Å²) in [6.07, 6.45) is 3.82. The van der Waals surface area contributed by atoms with Crippen LogP contribution < -0.4 is 10.6 Å². The summed E-state index contributed by atoms with van der Waals surface area (Å²) in [5.41, 5.74) is 0. The molecule has 0 spiro atoms. The molecule has 3 aliphatic heterocycles. The smallest absolute Gasteiger partial charge is 0.418 e. The highest BCUT2D eigenvalue weighted by molar-refractivity contribution is 7.80. The van der Waals surface area contributed by atoms with Gasteiger partial charge in [-0.05, 0) is 38.8 Å². The number of aromatic nitrogens is 2. The zero-order valence-corrected chi connectivity index (χ0v) is 16.1. The maximum atomic E-state index is 12.4. The highest BCUT2D eigenvalue weighted by Crippen LogP contribution is 2.38. The summed E-state index contributed by atoms with van der Waals surface area (Å²) in [5.74, 6) is 0.827. The standard InChI is InChI=1S/C15H24N6O6S/c22-15-20-9-11(21(15)27-28(23,24)25)1-2-12(20)14-19-18-13(26-14)5-8-17-10-3-6-16-7-4-10/h10-12,16-17H,1-9H2,(H,23,24,25). The molecule has 4 rings (SSSR count). The van der Waals surface area contributed by atoms with Gasteiger partial charge in [0.05, 0.1) is 6.04 Å². The Morgan fingerprint density at radius 1 is 1.25 bits per heavy atom. The first-order valence-corrected chi connectivity index (χ1v) is 10.8. The Labute approximate surface area is 162 Å². The molecule has 2 bridgehead atoms. The number of piperidine rings is 2. The SMILES string of the molecule is O=C1N2CC(CCC2c2nnc(CCNC3CCNCC3)o2)N1OS(=O)(=O)O. The van der Waals surface area contributed by atoms with Crippen molar-refractivity contribution in [3.05, 3.63) is 11.8 Å². The number of rotatable bonds is 7. The molecule has 2 atom stereocenters. The van der Waals surface area contributed by atoms with E-state index in [1.165, 1.54) is 4.90 Å². The van der Waals surface area contributed by atoms with Gasteiger partial charge in [-0.15, -0.1) is 14.5 Å². The van der Waals surface area contributed by atoms with Crippen molar-refractivity contribution in [2.45, 2.75) is 50.2 Å². The predicted octanol–water partition coefficient (Wildman–Crippen LogP) is -0.371. The first-order valence-electron chi connectivity index (χ1n) is 9.44. The van der Waals surface area contributed by atoms with Crippen molar-refractivity contribution in [1.82, 2.24) is 30.8 Å². The molecule has 13 heteroatoms. The number of amides is 2. The number of urea groups is 1. The number of hydroxylamine groups is 2. The minimum absolute atomic E-state index is 0.272. The Hall–Kier alpha value is -1.80. The molecule has 12 nitrogen and oxygen atoms in total. The Morgan fingerprint density at radius 3 is 2.79 bits per heavy atom. The molecule has 156 valence electrons. The van der Waals surface area contributed by atoms with E-state index in [0.717, 1.165) is 32.5 Å². The van der Waals surface area contributed by atoms with E-state index in [0.29, 0.717) is 42.1 Å². The molecule has 0 radical (unpaired) electrons. The average molecular weight is 416 g/mol. The maximum Gasteiger partial charge on any atom is 0.418 e. The quantitative estimate of drug-likeness (QED) is 0.502. The van der Waals surface area contributed by atoms with Gasteiger partial charge < -0.3 is 20.0 Å². The first kappa shape index (κ1) is 19.5. The van der Waals surface area contributed by atoms with Crippen LogP contribution >= 0.6 is 0 Å². The third-order valence-corrected chi connectivity index (χ3v) is 5.72. The molecule has 4 heterocycles. The van der Waals surface area contributed by atoms with Gasteiger partial charge in [0.25, 0.3) is 0 Å². The third-order valence-electron chi connectivity index (χ3n) is 5.38. The average Bonchev–Trinajstić information content (AvgIpc) is 3.22. The lowest BCUT2D eigenvalue weighted by Crippen LogP contribution is -2.40. The highest BCUT2D eigenvalue weighted by atomic mass is 32.3. The molecule has 28 heavy (non-hydrogen) atoms. The summed E-state index contributed by atoms with van der Waals surface area (Å²) in [6, 6.07) is -1.02. The van der Waals surface area contributed by atoms with Crippen LogP contribution in [0.15, 0.2) is 4.42 Å². The molecular formula is C15H24N6O6S. The normalized spacial score (nSPS) is 26.2. The van der Waals surface area contributed by atoms with Crippen LogP contribution in [-0.2, 0) is 21.1 Å². The Morgan fingerprint density at radius 2 is 2.04 bits per heavy atom. The summed E-state index contributed by atoms with van der Waals surface area (Å²) >= 11 is 0. The lowest BCUT2D eigenvalue weighted by atomic mass is 10.0. The van der Waals surface area contributed by atoms with Crippen LogP contribution in [0.4, 0.5) is 4.79 Å². The largest absolute Gasteiger partial charge is 0.423 e. The second-order valence-corrected chi connectivity index (χ2v) is 8.28. The molecule has 0 aromatic carbocycles. The molecule has 0 aliphatic carbocycles. The van der Waals surface area contributed by atoms with Crippen LogP contribution in [-0.4, -0.2) is 77.4 Å². The first-order chi connectivity index (χ1) is 13.4. The van der Waals surface area contributed by atoms with Gasteiger partial charge in [-0.2, -0.15) is 13.5 Å². The van der Waals surface area contributed by atoms with Crippen molar-refractivity contribution in [2.75, 3.05) is 26.2 Å². The monoisotopic (exact) mass is 416 g/mol. The molecule has 3 N–H and O–H groups in total. The second-order valence-electron chi connectivity index (χ2n) is 7.27. The van der Waals surface area contributed by atoms with Gasteiger partial charge in [-0.25, -0.2) is 4.79 Å². The Balaban J connectivity index is 1.34. The van der Waals surface area contributed by atoms with Crippen molar-refractivity contribution in [1.29, 1.82) is 0 Å². The molecule has 2 unspecified atom stereocenters. The van der Waals surface area contributed by atoms with E-state index >= 15 is 0 Å². The lowest BCUT2D eigenvalue weighted by molar-refractivity contribution is -0.0317. The van der Waals surface area contributed by atoms with E-state index in [2.05, 4.69) is 25.1 Å². The van der Waals surface area contributed by atoms with Crippen molar-refractivity contribution in [2.24, 2.45) is 0 Å². The van der Waals surface area contributed by atoms with E-state index in [4.69, 9.17) is 8.97 Å². The van der Waals surface area contributed by atoms with Crippen LogP contribution in [0.1, 0.15) is 43.5 Å². The molecule has 3 aliphatic rings. The maximum absolute atomic E-state index is 12.4. The fourth-order valence-electron chi connectivity index (χ4n) is 4.00. The number of fused-ring (bicyclic) bond motifs is 2. The van der Waals surface area contributed by atoms with Crippen LogP contribution in [0.5, 0.6) is 0 Å². The van der Waals surface area contributed by atoms with Crippen molar-refractivity contribution in [3.8, 4) is 0 Å². The minimum atomic E-state index is -4.76. The second kappa shape index (κ2) is 7.91. The summed E-state index contributed by atoms with van der Waals surface area (Å²) in [4.78, 5) is 13.9. The summed E-state index contributed by atoms with van der Waals surface area (Å²) in [5, 5.41) is 15.7. The number of carbonyl (C=O) groups excluding carboxylic acids is 1. The molecule has 3 saturated heterocycles. The van der Waals surface area contributed by atoms with Gasteiger partial charge in [0, 0.05) is 25.6 Å². The number of carbonyl (C=O) groups is 1. The van der Waals surface area contributed by atoms with Crippen molar-refractivity contribution < 1.29 is 26.5 Å². The summed E-state index contributed by atoms with van der Waals surface area (Å²) < 4.78 is 41.0. The Kier molecular flexibility index (Phi) is 5.51. The third kappa shape index (κ3) is 4.27.